The van der Waals surface area contributed by atoms with Crippen molar-refractivity contribution in [1.29, 1.82) is 0 Å². The molecule has 8 heteroatoms. The van der Waals surface area contributed by atoms with Gasteiger partial charge in [0, 0.05) is 10.7 Å². The van der Waals surface area contributed by atoms with Crippen molar-refractivity contribution in [3.05, 3.63) is 46.1 Å². The number of nitrogens with one attached hydrogen (secondary N) is 1. The summed E-state index contributed by atoms with van der Waals surface area (Å²) in [6.07, 6.45) is 1.45. The molecule has 0 saturated heterocycles. The third-order valence-electron chi connectivity index (χ3n) is 2.64. The van der Waals surface area contributed by atoms with Gasteiger partial charge < -0.3 is 5.11 Å². The Labute approximate surface area is 125 Å². The second-order valence-electron chi connectivity index (χ2n) is 4.07. The summed E-state index contributed by atoms with van der Waals surface area (Å²) in [5.74, 6) is 0.137. The monoisotopic (exact) mass is 357 g/mol. The second-order valence-corrected chi connectivity index (χ2v) is 6.58. The summed E-state index contributed by atoms with van der Waals surface area (Å²) < 4.78 is 27.7. The van der Waals surface area contributed by atoms with Gasteiger partial charge in [-0.3, -0.25) is 4.72 Å². The summed E-state index contributed by atoms with van der Waals surface area (Å²) in [5.41, 5.74) is 1.06. The molecule has 0 fully saturated rings. The highest BCUT2D eigenvalue weighted by molar-refractivity contribution is 9.10. The predicted octanol–water partition coefficient (Wildman–Crippen LogP) is 1.84. The SMILES string of the molecule is Cc1c(Br)cc(CO)cc1S(=O)(=O)Nc1cccnn1. The van der Waals surface area contributed by atoms with Crippen LogP contribution in [0.5, 0.6) is 0 Å². The number of rotatable bonds is 4. The van der Waals surface area contributed by atoms with Gasteiger partial charge in [0.05, 0.1) is 11.5 Å². The molecule has 106 valence electrons. The molecule has 0 spiro atoms. The molecular weight excluding hydrogens is 346 g/mol. The molecule has 1 heterocycles. The van der Waals surface area contributed by atoms with E-state index in [1.807, 2.05) is 0 Å². The number of nitrogens with zero attached hydrogens (tertiary/aromatic N) is 2. The summed E-state index contributed by atoms with van der Waals surface area (Å²) in [4.78, 5) is 0.0848. The zero-order chi connectivity index (χ0) is 14.8. The van der Waals surface area contributed by atoms with E-state index in [-0.39, 0.29) is 17.3 Å². The highest BCUT2D eigenvalue weighted by Crippen LogP contribution is 2.27. The number of hydrogen-bond donors (Lipinski definition) is 2. The first-order valence-electron chi connectivity index (χ1n) is 5.64. The molecule has 0 aliphatic rings. The number of benzene rings is 1. The summed E-state index contributed by atoms with van der Waals surface area (Å²) in [6, 6.07) is 6.19. The lowest BCUT2D eigenvalue weighted by Gasteiger charge is -2.12. The molecule has 1 aromatic carbocycles. The number of aliphatic hydroxyl groups is 1. The maximum atomic E-state index is 12.4. The van der Waals surface area contributed by atoms with E-state index in [2.05, 4.69) is 30.8 Å². The van der Waals surface area contributed by atoms with Crippen molar-refractivity contribution in [1.82, 2.24) is 10.2 Å². The van der Waals surface area contributed by atoms with Crippen LogP contribution in [0.2, 0.25) is 0 Å². The number of aliphatic hydroxyl groups excluding tert-OH is 1. The first-order chi connectivity index (χ1) is 9.44. The van der Waals surface area contributed by atoms with E-state index in [9.17, 15) is 13.5 Å². The maximum absolute atomic E-state index is 12.4. The fourth-order valence-electron chi connectivity index (χ4n) is 1.63. The zero-order valence-corrected chi connectivity index (χ0v) is 12.9. The van der Waals surface area contributed by atoms with Crippen LogP contribution in [-0.4, -0.2) is 23.7 Å². The molecule has 1 aromatic heterocycles. The summed E-state index contributed by atoms with van der Waals surface area (Å²) in [7, 11) is -3.79. The first kappa shape index (κ1) is 14.9. The third-order valence-corrected chi connectivity index (χ3v) is 4.94. The van der Waals surface area contributed by atoms with Crippen LogP contribution in [-0.2, 0) is 16.6 Å². The average Bonchev–Trinajstić information content (AvgIpc) is 2.42. The summed E-state index contributed by atoms with van der Waals surface area (Å²) in [6.45, 7) is 1.43. The Bertz CT molecular complexity index is 720. The zero-order valence-electron chi connectivity index (χ0n) is 10.5. The van der Waals surface area contributed by atoms with Gasteiger partial charge in [-0.1, -0.05) is 15.9 Å². The third kappa shape index (κ3) is 3.14. The number of halogens is 1. The maximum Gasteiger partial charge on any atom is 0.263 e. The van der Waals surface area contributed by atoms with Gasteiger partial charge in [-0.05, 0) is 42.3 Å². The largest absolute Gasteiger partial charge is 0.392 e. The Kier molecular flexibility index (Phi) is 4.36. The Balaban J connectivity index is 2.47. The van der Waals surface area contributed by atoms with E-state index in [0.29, 0.717) is 15.6 Å². The molecule has 0 saturated carbocycles. The molecular formula is C12H12BrN3O3S. The summed E-state index contributed by atoms with van der Waals surface area (Å²) in [5, 5.41) is 16.5. The van der Waals surface area contributed by atoms with Gasteiger partial charge >= 0.3 is 0 Å². The van der Waals surface area contributed by atoms with Gasteiger partial charge in [-0.25, -0.2) is 8.42 Å². The van der Waals surface area contributed by atoms with E-state index in [1.54, 1.807) is 19.1 Å². The van der Waals surface area contributed by atoms with E-state index >= 15 is 0 Å². The number of sulfonamides is 1. The molecule has 0 aliphatic heterocycles. The Morgan fingerprint density at radius 3 is 2.75 bits per heavy atom. The van der Waals surface area contributed by atoms with Crippen LogP contribution in [0.15, 0.2) is 39.8 Å². The van der Waals surface area contributed by atoms with E-state index in [0.717, 1.165) is 0 Å². The fourth-order valence-corrected chi connectivity index (χ4v) is 3.58. The van der Waals surface area contributed by atoms with Crippen molar-refractivity contribution >= 4 is 31.8 Å². The average molecular weight is 358 g/mol. The van der Waals surface area contributed by atoms with Crippen molar-refractivity contribution in [3.8, 4) is 0 Å². The van der Waals surface area contributed by atoms with Gasteiger partial charge in [-0.15, -0.1) is 5.10 Å². The lowest BCUT2D eigenvalue weighted by molar-refractivity contribution is 0.281. The van der Waals surface area contributed by atoms with Gasteiger partial charge in [0.15, 0.2) is 5.82 Å². The highest BCUT2D eigenvalue weighted by atomic mass is 79.9. The normalized spacial score (nSPS) is 11.3. The molecule has 0 aliphatic carbocycles. The molecule has 20 heavy (non-hydrogen) atoms. The van der Waals surface area contributed by atoms with Gasteiger partial charge in [-0.2, -0.15) is 5.10 Å². The quantitative estimate of drug-likeness (QED) is 0.870. The number of anilines is 1. The van der Waals surface area contributed by atoms with Crippen LogP contribution in [0, 0.1) is 6.92 Å². The first-order valence-corrected chi connectivity index (χ1v) is 7.92. The van der Waals surface area contributed by atoms with E-state index < -0.39 is 10.0 Å². The molecule has 0 atom stereocenters. The lowest BCUT2D eigenvalue weighted by Crippen LogP contribution is -2.16. The smallest absolute Gasteiger partial charge is 0.263 e. The standard InChI is InChI=1S/C12H12BrN3O3S/c1-8-10(13)5-9(7-17)6-11(8)20(18,19)16-12-3-2-4-14-15-12/h2-6,17H,7H2,1H3,(H,15,16). The lowest BCUT2D eigenvalue weighted by atomic mass is 10.2. The van der Waals surface area contributed by atoms with Crippen LogP contribution >= 0.6 is 15.9 Å². The number of aromatic nitrogens is 2. The van der Waals surface area contributed by atoms with E-state index in [4.69, 9.17) is 0 Å². The Morgan fingerprint density at radius 2 is 2.15 bits per heavy atom. The highest BCUT2D eigenvalue weighted by Gasteiger charge is 2.20. The molecule has 0 amide bonds. The van der Waals surface area contributed by atoms with Crippen LogP contribution in [0.25, 0.3) is 0 Å². The molecule has 2 aromatic rings. The molecule has 0 bridgehead atoms. The molecule has 2 N–H and O–H groups in total. The van der Waals surface area contributed by atoms with Gasteiger partial charge in [0.2, 0.25) is 0 Å². The van der Waals surface area contributed by atoms with Crippen LogP contribution in [0.4, 0.5) is 5.82 Å². The minimum Gasteiger partial charge on any atom is -0.392 e. The van der Waals surface area contributed by atoms with Crippen molar-refractivity contribution in [3.63, 3.8) is 0 Å². The van der Waals surface area contributed by atoms with Crippen molar-refractivity contribution in [2.75, 3.05) is 4.72 Å². The Hall–Kier alpha value is -1.51. The number of hydrogen-bond acceptors (Lipinski definition) is 5. The van der Waals surface area contributed by atoms with Gasteiger partial charge in [0.1, 0.15) is 0 Å². The molecule has 6 nitrogen and oxygen atoms in total. The summed E-state index contributed by atoms with van der Waals surface area (Å²) >= 11 is 3.28. The van der Waals surface area contributed by atoms with Crippen LogP contribution in [0.3, 0.4) is 0 Å². The Morgan fingerprint density at radius 1 is 1.40 bits per heavy atom. The van der Waals surface area contributed by atoms with E-state index in [1.165, 1.54) is 18.3 Å². The molecule has 0 unspecified atom stereocenters. The fraction of sp³-hybridized carbons (Fsp3) is 0.167. The van der Waals surface area contributed by atoms with Crippen molar-refractivity contribution < 1.29 is 13.5 Å². The topological polar surface area (TPSA) is 92.2 Å². The van der Waals surface area contributed by atoms with Gasteiger partial charge in [0.25, 0.3) is 10.0 Å². The molecule has 2 rings (SSSR count). The second kappa shape index (κ2) is 5.86. The van der Waals surface area contributed by atoms with Crippen LogP contribution < -0.4 is 4.72 Å². The van der Waals surface area contributed by atoms with Crippen molar-refractivity contribution in [2.24, 2.45) is 0 Å². The van der Waals surface area contributed by atoms with Crippen molar-refractivity contribution in [2.45, 2.75) is 18.4 Å². The van der Waals surface area contributed by atoms with Crippen LogP contribution in [0.1, 0.15) is 11.1 Å². The molecule has 0 radical (unpaired) electrons. The predicted molar refractivity (Wildman–Crippen MR) is 77.6 cm³/mol. The minimum atomic E-state index is -3.79. The minimum absolute atomic E-state index is 0.0848.